The molecule has 1 saturated carbocycles. The van der Waals surface area contributed by atoms with Crippen LogP contribution < -0.4 is 14.8 Å². The summed E-state index contributed by atoms with van der Waals surface area (Å²) in [5, 5.41) is 3.47. The number of rotatable bonds is 6. The first kappa shape index (κ1) is 13.1. The third-order valence-electron chi connectivity index (χ3n) is 3.57. The number of hydrogen-bond donors (Lipinski definition) is 1. The van der Waals surface area contributed by atoms with Crippen LogP contribution in [-0.4, -0.2) is 20.3 Å². The third-order valence-corrected chi connectivity index (χ3v) is 3.57. The van der Waals surface area contributed by atoms with Gasteiger partial charge in [-0.1, -0.05) is 6.07 Å². The second-order valence-corrected chi connectivity index (χ2v) is 4.95. The molecule has 0 radical (unpaired) electrons. The molecule has 0 unspecified atom stereocenters. The Kier molecular flexibility index (Phi) is 3.65. The highest BCUT2D eigenvalue weighted by atomic mass is 16.5. The van der Waals surface area contributed by atoms with Crippen LogP contribution in [0.25, 0.3) is 11.1 Å². The van der Waals surface area contributed by atoms with Gasteiger partial charge in [0.2, 0.25) is 0 Å². The van der Waals surface area contributed by atoms with Gasteiger partial charge in [-0.3, -0.25) is 0 Å². The molecule has 3 rings (SSSR count). The third kappa shape index (κ3) is 2.51. The summed E-state index contributed by atoms with van der Waals surface area (Å²) in [6, 6.07) is 8.40. The zero-order valence-corrected chi connectivity index (χ0v) is 11.8. The van der Waals surface area contributed by atoms with Crippen molar-refractivity contribution in [3.05, 3.63) is 36.3 Å². The summed E-state index contributed by atoms with van der Waals surface area (Å²) in [4.78, 5) is 0. The van der Waals surface area contributed by atoms with Crippen molar-refractivity contribution in [1.29, 1.82) is 0 Å². The van der Waals surface area contributed by atoms with Crippen LogP contribution in [0.2, 0.25) is 0 Å². The fraction of sp³-hybridized carbons (Fsp3) is 0.375. The predicted molar refractivity (Wildman–Crippen MR) is 77.1 cm³/mol. The number of ether oxygens (including phenoxy) is 2. The molecule has 0 spiro atoms. The molecule has 1 N–H and O–H groups in total. The lowest BCUT2D eigenvalue weighted by atomic mass is 10.0. The molecule has 1 aromatic carbocycles. The molecule has 4 heteroatoms. The normalized spacial score (nSPS) is 14.3. The minimum Gasteiger partial charge on any atom is -0.496 e. The van der Waals surface area contributed by atoms with E-state index in [1.807, 2.05) is 24.3 Å². The number of benzene rings is 1. The first-order chi connectivity index (χ1) is 9.83. The summed E-state index contributed by atoms with van der Waals surface area (Å²) in [6.45, 7) is 0.730. The van der Waals surface area contributed by atoms with Crippen molar-refractivity contribution >= 4 is 0 Å². The second-order valence-electron chi connectivity index (χ2n) is 4.95. The van der Waals surface area contributed by atoms with Crippen LogP contribution in [0.1, 0.15) is 18.6 Å². The Bertz CT molecular complexity index is 565. The molecule has 0 saturated heterocycles. The van der Waals surface area contributed by atoms with E-state index in [-0.39, 0.29) is 0 Å². The van der Waals surface area contributed by atoms with Gasteiger partial charge in [-0.05, 0) is 31.0 Å². The van der Waals surface area contributed by atoms with Gasteiger partial charge in [0, 0.05) is 11.6 Å². The number of methoxy groups -OCH3 is 2. The molecule has 4 nitrogen and oxygen atoms in total. The topological polar surface area (TPSA) is 43.6 Å². The molecule has 0 atom stereocenters. The van der Waals surface area contributed by atoms with Gasteiger partial charge < -0.3 is 19.2 Å². The highest BCUT2D eigenvalue weighted by Gasteiger charge is 2.23. The molecule has 0 bridgehead atoms. The van der Waals surface area contributed by atoms with E-state index in [0.29, 0.717) is 6.04 Å². The van der Waals surface area contributed by atoms with E-state index in [0.717, 1.165) is 34.9 Å². The fourth-order valence-electron chi connectivity index (χ4n) is 2.34. The molecular weight excluding hydrogens is 254 g/mol. The zero-order chi connectivity index (χ0) is 13.9. The van der Waals surface area contributed by atoms with Crippen LogP contribution >= 0.6 is 0 Å². The Balaban J connectivity index is 1.97. The smallest absolute Gasteiger partial charge is 0.130 e. The van der Waals surface area contributed by atoms with Crippen molar-refractivity contribution in [3.63, 3.8) is 0 Å². The molecule has 0 aliphatic heterocycles. The van der Waals surface area contributed by atoms with E-state index in [4.69, 9.17) is 13.9 Å². The average molecular weight is 273 g/mol. The van der Waals surface area contributed by atoms with Crippen molar-refractivity contribution < 1.29 is 13.9 Å². The number of hydrogen-bond acceptors (Lipinski definition) is 4. The van der Waals surface area contributed by atoms with Crippen LogP contribution in [0.3, 0.4) is 0 Å². The Labute approximate surface area is 118 Å². The van der Waals surface area contributed by atoms with E-state index >= 15 is 0 Å². The number of furan rings is 1. The van der Waals surface area contributed by atoms with Gasteiger partial charge in [0.05, 0.1) is 32.6 Å². The number of nitrogens with one attached hydrogen (secondary N) is 1. The lowest BCUT2D eigenvalue weighted by Crippen LogP contribution is -2.15. The molecule has 1 aliphatic carbocycles. The predicted octanol–water partition coefficient (Wildman–Crippen LogP) is 3.22. The van der Waals surface area contributed by atoms with Crippen LogP contribution in [0.4, 0.5) is 0 Å². The Morgan fingerprint density at radius 2 is 1.85 bits per heavy atom. The minimum absolute atomic E-state index is 0.646. The Morgan fingerprint density at radius 3 is 2.45 bits per heavy atom. The van der Waals surface area contributed by atoms with Gasteiger partial charge in [0.1, 0.15) is 17.3 Å². The van der Waals surface area contributed by atoms with Crippen LogP contribution in [0, 0.1) is 0 Å². The molecule has 106 valence electrons. The van der Waals surface area contributed by atoms with Crippen LogP contribution in [0.5, 0.6) is 11.5 Å². The molecule has 2 aromatic rings. The van der Waals surface area contributed by atoms with Crippen molar-refractivity contribution in [2.24, 2.45) is 0 Å². The quantitative estimate of drug-likeness (QED) is 0.877. The van der Waals surface area contributed by atoms with E-state index in [1.54, 1.807) is 20.5 Å². The van der Waals surface area contributed by atoms with Crippen molar-refractivity contribution in [2.45, 2.75) is 25.4 Å². The van der Waals surface area contributed by atoms with Gasteiger partial charge in [0.25, 0.3) is 0 Å². The summed E-state index contributed by atoms with van der Waals surface area (Å²) in [6.07, 6.45) is 4.23. The monoisotopic (exact) mass is 273 g/mol. The van der Waals surface area contributed by atoms with Gasteiger partial charge in [0.15, 0.2) is 0 Å². The lowest BCUT2D eigenvalue weighted by molar-refractivity contribution is 0.397. The summed E-state index contributed by atoms with van der Waals surface area (Å²) in [5.41, 5.74) is 1.96. The standard InChI is InChI=1S/C16H19NO3/c1-18-13-4-3-5-14(19-2)16(13)12-8-9-20-15(12)10-17-11-6-7-11/h3-5,8-9,11,17H,6-7,10H2,1-2H3. The second kappa shape index (κ2) is 5.59. The molecule has 20 heavy (non-hydrogen) atoms. The summed E-state index contributed by atoms with van der Waals surface area (Å²) < 4.78 is 16.5. The van der Waals surface area contributed by atoms with E-state index in [2.05, 4.69) is 5.32 Å². The fourth-order valence-corrected chi connectivity index (χ4v) is 2.34. The summed E-state index contributed by atoms with van der Waals surface area (Å²) >= 11 is 0. The maximum absolute atomic E-state index is 5.62. The van der Waals surface area contributed by atoms with Crippen molar-refractivity contribution in [3.8, 4) is 22.6 Å². The van der Waals surface area contributed by atoms with E-state index in [1.165, 1.54) is 12.8 Å². The summed E-state index contributed by atoms with van der Waals surface area (Å²) in [5.74, 6) is 2.50. The van der Waals surface area contributed by atoms with Gasteiger partial charge in [-0.2, -0.15) is 0 Å². The molecule has 1 heterocycles. The molecule has 1 aliphatic rings. The van der Waals surface area contributed by atoms with E-state index < -0.39 is 0 Å². The Hall–Kier alpha value is -1.94. The average Bonchev–Trinajstić information content (AvgIpc) is 3.21. The highest BCUT2D eigenvalue weighted by molar-refractivity contribution is 5.78. The van der Waals surface area contributed by atoms with Crippen LogP contribution in [0.15, 0.2) is 34.9 Å². The zero-order valence-electron chi connectivity index (χ0n) is 11.8. The maximum atomic E-state index is 5.62. The largest absolute Gasteiger partial charge is 0.496 e. The highest BCUT2D eigenvalue weighted by Crippen LogP contribution is 2.40. The first-order valence-corrected chi connectivity index (χ1v) is 6.84. The SMILES string of the molecule is COc1cccc(OC)c1-c1ccoc1CNC1CC1. The Morgan fingerprint density at radius 1 is 1.15 bits per heavy atom. The molecular formula is C16H19NO3. The van der Waals surface area contributed by atoms with Gasteiger partial charge >= 0.3 is 0 Å². The maximum Gasteiger partial charge on any atom is 0.130 e. The molecule has 1 fully saturated rings. The van der Waals surface area contributed by atoms with Crippen molar-refractivity contribution in [1.82, 2.24) is 5.32 Å². The van der Waals surface area contributed by atoms with Crippen LogP contribution in [-0.2, 0) is 6.54 Å². The lowest BCUT2D eigenvalue weighted by Gasteiger charge is -2.13. The summed E-state index contributed by atoms with van der Waals surface area (Å²) in [7, 11) is 3.33. The van der Waals surface area contributed by atoms with E-state index in [9.17, 15) is 0 Å². The first-order valence-electron chi connectivity index (χ1n) is 6.84. The molecule has 1 aromatic heterocycles. The minimum atomic E-state index is 0.646. The van der Waals surface area contributed by atoms with Crippen molar-refractivity contribution in [2.75, 3.05) is 14.2 Å². The van der Waals surface area contributed by atoms with Gasteiger partial charge in [-0.15, -0.1) is 0 Å². The van der Waals surface area contributed by atoms with Gasteiger partial charge in [-0.25, -0.2) is 0 Å². The molecule has 0 amide bonds.